The molecule has 0 saturated heterocycles. The van der Waals surface area contributed by atoms with E-state index >= 15 is 0 Å². The average Bonchev–Trinajstić information content (AvgIpc) is 2.77. The van der Waals surface area contributed by atoms with Gasteiger partial charge in [-0.2, -0.15) is 0 Å². The largest absolute Gasteiger partial charge is 2.00 e. The Labute approximate surface area is 211 Å². The van der Waals surface area contributed by atoms with Crippen molar-refractivity contribution in [3.8, 4) is 11.5 Å². The summed E-state index contributed by atoms with van der Waals surface area (Å²) in [5.74, 6) is -1.74. The van der Waals surface area contributed by atoms with E-state index in [2.05, 4.69) is 9.98 Å². The summed E-state index contributed by atoms with van der Waals surface area (Å²) in [6.45, 7) is 1.94. The number of hydrogen-bond acceptors (Lipinski definition) is 9. The Morgan fingerprint density at radius 3 is 1.56 bits per heavy atom. The van der Waals surface area contributed by atoms with Crippen LogP contribution in [0.25, 0.3) is 0 Å². The Bertz CT molecular complexity index is 835. The molecule has 0 atom stereocenters. The quantitative estimate of drug-likeness (QED) is 0.211. The number of aliphatic imine (C=N–C) groups is 2. The molecule has 2 aromatic rings. The molecule has 0 aliphatic carbocycles. The maximum Gasteiger partial charge on any atom is 2.00 e. The summed E-state index contributed by atoms with van der Waals surface area (Å²) in [5, 5.41) is 28.6. The molecule has 2 aromatic carbocycles. The van der Waals surface area contributed by atoms with Crippen LogP contribution in [0.1, 0.15) is 24.5 Å². The van der Waals surface area contributed by atoms with Crippen molar-refractivity contribution in [1.29, 1.82) is 0 Å². The molecule has 0 amide bonds. The van der Waals surface area contributed by atoms with Gasteiger partial charge >= 0.3 is 19.5 Å². The number of aliphatic carboxylic acids is 2. The van der Waals surface area contributed by atoms with Crippen molar-refractivity contribution >= 4 is 24.4 Å². The van der Waals surface area contributed by atoms with Crippen molar-refractivity contribution in [2.45, 2.75) is 13.3 Å². The van der Waals surface area contributed by atoms with Crippen LogP contribution in [0.5, 0.6) is 11.5 Å². The fourth-order valence-corrected chi connectivity index (χ4v) is 2.29. The minimum Gasteiger partial charge on any atom is -0.546 e. The molecule has 10 nitrogen and oxygen atoms in total. The Balaban J connectivity index is 0. The van der Waals surface area contributed by atoms with Crippen molar-refractivity contribution in [1.82, 2.24) is 0 Å². The van der Waals surface area contributed by atoms with Crippen LogP contribution >= 0.6 is 0 Å². The predicted octanol–water partition coefficient (Wildman–Crippen LogP) is -0.956. The van der Waals surface area contributed by atoms with E-state index in [1.807, 2.05) is 0 Å². The monoisotopic (exact) mass is 524 g/mol. The summed E-state index contributed by atoms with van der Waals surface area (Å²) in [7, 11) is 0. The van der Waals surface area contributed by atoms with Crippen molar-refractivity contribution in [3.63, 3.8) is 0 Å². The molecular formula is C23H28N2O8Zn. The first-order chi connectivity index (χ1) is 15.5. The smallest absolute Gasteiger partial charge is 0.546 e. The van der Waals surface area contributed by atoms with E-state index in [-0.39, 0.29) is 31.6 Å². The van der Waals surface area contributed by atoms with Gasteiger partial charge in [0.15, 0.2) is 0 Å². The van der Waals surface area contributed by atoms with E-state index in [1.165, 1.54) is 0 Å². The number of para-hydroxylation sites is 2. The van der Waals surface area contributed by atoms with Crippen LogP contribution in [0.4, 0.5) is 0 Å². The molecule has 34 heavy (non-hydrogen) atoms. The molecule has 0 aromatic heterocycles. The van der Waals surface area contributed by atoms with Crippen LogP contribution in [-0.4, -0.2) is 67.9 Å². The molecule has 0 radical (unpaired) electrons. The third-order valence-electron chi connectivity index (χ3n) is 3.56. The molecule has 0 unspecified atom stereocenters. The van der Waals surface area contributed by atoms with Crippen LogP contribution < -0.4 is 19.7 Å². The zero-order chi connectivity index (χ0) is 23.6. The number of aliphatic hydroxyl groups excluding tert-OH is 1. The van der Waals surface area contributed by atoms with Crippen molar-refractivity contribution in [3.05, 3.63) is 59.7 Å². The van der Waals surface area contributed by atoms with Crippen LogP contribution in [0.3, 0.4) is 0 Å². The summed E-state index contributed by atoms with van der Waals surface area (Å²) in [6, 6.07) is 14.0. The summed E-state index contributed by atoms with van der Waals surface area (Å²) in [5.41, 5.74) is 1.35. The SMILES string of the molecule is CCO.O.O=C([O-])COc1ccccc1C=NCCCN=Cc1ccccc1OCC(=O)[O-].[Zn+2]. The molecule has 0 aliphatic heterocycles. The minimum absolute atomic E-state index is 0. The molecule has 3 N–H and O–H groups in total. The predicted molar refractivity (Wildman–Crippen MR) is 120 cm³/mol. The fourth-order valence-electron chi connectivity index (χ4n) is 2.29. The standard InChI is InChI=1S/C21H22N2O6.C2H6O.H2O.Zn/c24-20(25)14-28-18-8-3-1-6-16(18)12-22-10-5-11-23-13-17-7-2-4-9-19(17)29-15-21(26)27;1-2-3;;/h1-4,6-9,12-13H,5,10-11,14-15H2,(H,24,25)(H,26,27);3H,2H2,1H3;1H2;/q;;;+2/p-2. The number of carbonyl (C=O) groups excluding carboxylic acids is 2. The number of carboxylic acids is 2. The first-order valence-corrected chi connectivity index (χ1v) is 9.91. The second-order valence-corrected chi connectivity index (χ2v) is 6.14. The van der Waals surface area contributed by atoms with Crippen LogP contribution in [0.2, 0.25) is 0 Å². The maximum absolute atomic E-state index is 10.5. The molecular weight excluding hydrogens is 498 g/mol. The van der Waals surface area contributed by atoms with E-state index in [1.54, 1.807) is 67.9 Å². The third-order valence-corrected chi connectivity index (χ3v) is 3.56. The fraction of sp³-hybridized carbons (Fsp3) is 0.304. The third kappa shape index (κ3) is 14.8. The average molecular weight is 526 g/mol. The number of hydrogen-bond donors (Lipinski definition) is 1. The van der Waals surface area contributed by atoms with Crippen LogP contribution in [0.15, 0.2) is 58.5 Å². The van der Waals surface area contributed by atoms with Gasteiger partial charge < -0.3 is 39.9 Å². The number of nitrogens with zero attached hydrogens (tertiary/aromatic N) is 2. The molecule has 0 fully saturated rings. The van der Waals surface area contributed by atoms with Gasteiger partial charge in [0.2, 0.25) is 0 Å². The summed E-state index contributed by atoms with van der Waals surface area (Å²) in [6.07, 6.45) is 3.94. The second-order valence-electron chi connectivity index (χ2n) is 6.14. The Hall–Kier alpha value is -3.14. The van der Waals surface area contributed by atoms with Gasteiger partial charge in [-0.15, -0.1) is 0 Å². The number of rotatable bonds is 12. The van der Waals surface area contributed by atoms with E-state index in [9.17, 15) is 19.8 Å². The number of aliphatic hydroxyl groups is 1. The molecule has 0 aliphatic rings. The number of benzene rings is 2. The van der Waals surface area contributed by atoms with Crippen LogP contribution in [-0.2, 0) is 29.1 Å². The second kappa shape index (κ2) is 20.5. The number of ether oxygens (including phenoxy) is 2. The summed E-state index contributed by atoms with van der Waals surface area (Å²) >= 11 is 0. The first kappa shape index (κ1) is 33.0. The summed E-state index contributed by atoms with van der Waals surface area (Å²) in [4.78, 5) is 29.6. The zero-order valence-corrected chi connectivity index (χ0v) is 22.0. The molecule has 0 bridgehead atoms. The van der Waals surface area contributed by atoms with E-state index < -0.39 is 25.2 Å². The topological polar surface area (TPSA) is 175 Å². The van der Waals surface area contributed by atoms with Crippen LogP contribution in [0, 0.1) is 0 Å². The molecule has 11 heteroatoms. The van der Waals surface area contributed by atoms with Crippen molar-refractivity contribution < 1.29 is 59.3 Å². The molecule has 180 valence electrons. The van der Waals surface area contributed by atoms with Gasteiger partial charge in [-0.1, -0.05) is 24.3 Å². The maximum atomic E-state index is 10.5. The van der Waals surface area contributed by atoms with Gasteiger partial charge in [0, 0.05) is 43.3 Å². The summed E-state index contributed by atoms with van der Waals surface area (Å²) < 4.78 is 10.3. The minimum atomic E-state index is -1.29. The van der Waals surface area contributed by atoms with Crippen molar-refractivity contribution in [2.75, 3.05) is 32.9 Å². The first-order valence-electron chi connectivity index (χ1n) is 9.91. The van der Waals surface area contributed by atoms with Gasteiger partial charge in [-0.3, -0.25) is 9.98 Å². The van der Waals surface area contributed by atoms with E-state index in [0.29, 0.717) is 42.1 Å². The van der Waals surface area contributed by atoms with Gasteiger partial charge in [-0.05, 0) is 37.6 Å². The van der Waals surface area contributed by atoms with Gasteiger partial charge in [-0.25, -0.2) is 0 Å². The van der Waals surface area contributed by atoms with E-state index in [4.69, 9.17) is 14.6 Å². The molecule has 0 spiro atoms. The Morgan fingerprint density at radius 2 is 1.21 bits per heavy atom. The van der Waals surface area contributed by atoms with E-state index in [0.717, 1.165) is 0 Å². The number of carbonyl (C=O) groups is 2. The zero-order valence-electron chi connectivity index (χ0n) is 19.0. The molecule has 2 rings (SSSR count). The normalized spacial score (nSPS) is 9.94. The Morgan fingerprint density at radius 1 is 0.853 bits per heavy atom. The van der Waals surface area contributed by atoms with Crippen molar-refractivity contribution in [2.24, 2.45) is 9.98 Å². The number of carboxylic acid groups (broad SMARTS) is 2. The Kier molecular flexibility index (Phi) is 19.9. The molecule has 0 saturated carbocycles. The van der Waals surface area contributed by atoms with Gasteiger partial charge in [0.1, 0.15) is 24.7 Å². The van der Waals surface area contributed by atoms with Gasteiger partial charge in [0.05, 0.1) is 11.9 Å². The molecule has 0 heterocycles. The van der Waals surface area contributed by atoms with Gasteiger partial charge in [0.25, 0.3) is 0 Å².